The maximum atomic E-state index is 13.9. The Kier molecular flexibility index (Phi) is 11.0. The number of benzene rings is 3. The van der Waals surface area contributed by atoms with Gasteiger partial charge in [0, 0.05) is 58.7 Å². The third-order valence-corrected chi connectivity index (χ3v) is 9.03. The molecule has 5 rings (SSSR count). The number of imidazole rings is 1. The average Bonchev–Trinajstić information content (AvgIpc) is 3.32. The van der Waals surface area contributed by atoms with Gasteiger partial charge in [-0.2, -0.15) is 0 Å². The van der Waals surface area contributed by atoms with E-state index in [1.807, 2.05) is 28.9 Å². The first-order valence-electron chi connectivity index (χ1n) is 16.1. The Bertz CT molecular complexity index is 1700. The van der Waals surface area contributed by atoms with Gasteiger partial charge in [-0.15, -0.1) is 0 Å². The fourth-order valence-corrected chi connectivity index (χ4v) is 6.31. The van der Waals surface area contributed by atoms with Crippen molar-refractivity contribution >= 4 is 28.8 Å². The molecule has 1 unspecified atom stereocenters. The largest absolute Gasteiger partial charge is 0.493 e. The van der Waals surface area contributed by atoms with Crippen molar-refractivity contribution in [3.05, 3.63) is 77.6 Å². The molecule has 0 saturated carbocycles. The van der Waals surface area contributed by atoms with Crippen LogP contribution in [0.5, 0.6) is 17.2 Å². The number of fused-ring (bicyclic) bond motifs is 1. The number of ether oxygens (including phenoxy) is 3. The molecule has 0 spiro atoms. The summed E-state index contributed by atoms with van der Waals surface area (Å²) in [4.78, 5) is 37.4. The maximum Gasteiger partial charge on any atom is 0.253 e. The summed E-state index contributed by atoms with van der Waals surface area (Å²) < 4.78 is 32.2. The molecular weight excluding hydrogens is 615 g/mol. The third kappa shape index (κ3) is 7.49. The highest BCUT2D eigenvalue weighted by atomic mass is 19.1. The van der Waals surface area contributed by atoms with Gasteiger partial charge < -0.3 is 28.9 Å². The summed E-state index contributed by atoms with van der Waals surface area (Å²) in [6.45, 7) is 6.04. The van der Waals surface area contributed by atoms with Crippen LogP contribution in [0.2, 0.25) is 0 Å². The monoisotopic (exact) mass is 660 g/mol. The van der Waals surface area contributed by atoms with Crippen LogP contribution < -0.4 is 24.1 Å². The van der Waals surface area contributed by atoms with Crippen molar-refractivity contribution in [1.82, 2.24) is 19.5 Å². The predicted molar refractivity (Wildman–Crippen MR) is 185 cm³/mol. The van der Waals surface area contributed by atoms with E-state index in [-0.39, 0.29) is 23.5 Å². The molecule has 3 aromatic carbocycles. The van der Waals surface area contributed by atoms with E-state index in [0.717, 1.165) is 68.1 Å². The molecule has 1 aliphatic rings. The smallest absolute Gasteiger partial charge is 0.253 e. The molecule has 11 nitrogen and oxygen atoms in total. The van der Waals surface area contributed by atoms with Gasteiger partial charge >= 0.3 is 0 Å². The van der Waals surface area contributed by atoms with Gasteiger partial charge in [-0.3, -0.25) is 9.59 Å². The second-order valence-corrected chi connectivity index (χ2v) is 12.1. The first-order chi connectivity index (χ1) is 23.1. The van der Waals surface area contributed by atoms with Crippen LogP contribution in [0.25, 0.3) is 11.0 Å². The van der Waals surface area contributed by atoms with Crippen molar-refractivity contribution in [3.63, 3.8) is 0 Å². The highest BCUT2D eigenvalue weighted by molar-refractivity contribution is 5.95. The number of nitrogens with zero attached hydrogens (tertiary/aromatic N) is 6. The molecule has 1 atom stereocenters. The lowest BCUT2D eigenvalue weighted by Crippen LogP contribution is -2.39. The van der Waals surface area contributed by atoms with Crippen LogP contribution in [0.4, 0.5) is 10.3 Å². The molecule has 1 aromatic heterocycles. The number of rotatable bonds is 12. The van der Waals surface area contributed by atoms with Gasteiger partial charge in [0.05, 0.1) is 32.4 Å². The number of hydrogen-bond donors (Lipinski definition) is 0. The van der Waals surface area contributed by atoms with Gasteiger partial charge in [0.25, 0.3) is 5.91 Å². The van der Waals surface area contributed by atoms with E-state index in [4.69, 9.17) is 19.2 Å². The van der Waals surface area contributed by atoms with E-state index < -0.39 is 0 Å². The van der Waals surface area contributed by atoms with Crippen LogP contribution in [-0.2, 0) is 4.79 Å². The Balaban J connectivity index is 1.30. The predicted octanol–water partition coefficient (Wildman–Crippen LogP) is 4.77. The zero-order valence-corrected chi connectivity index (χ0v) is 28.6. The number of para-hydroxylation sites is 2. The number of anilines is 1. The lowest BCUT2D eigenvalue weighted by molar-refractivity contribution is -0.117. The zero-order valence-electron chi connectivity index (χ0n) is 28.6. The summed E-state index contributed by atoms with van der Waals surface area (Å²) in [7, 11) is 8.09. The molecule has 256 valence electrons. The number of aromatic nitrogens is 2. The molecule has 4 aromatic rings. The van der Waals surface area contributed by atoms with Crippen LogP contribution in [0.3, 0.4) is 0 Å². The van der Waals surface area contributed by atoms with Gasteiger partial charge in [0.1, 0.15) is 5.82 Å². The molecule has 2 heterocycles. The summed E-state index contributed by atoms with van der Waals surface area (Å²) in [5.74, 6) is 1.39. The van der Waals surface area contributed by atoms with Gasteiger partial charge in [0.2, 0.25) is 17.6 Å². The second-order valence-electron chi connectivity index (χ2n) is 12.1. The number of halogens is 1. The molecule has 12 heteroatoms. The van der Waals surface area contributed by atoms with Gasteiger partial charge in [-0.05, 0) is 67.9 Å². The van der Waals surface area contributed by atoms with Crippen molar-refractivity contribution in [2.75, 3.05) is 84.6 Å². The van der Waals surface area contributed by atoms with E-state index in [1.54, 1.807) is 55.2 Å². The fraction of sp³-hybridized carbons (Fsp3) is 0.417. The lowest BCUT2D eigenvalue weighted by atomic mass is 9.94. The van der Waals surface area contributed by atoms with Crippen molar-refractivity contribution < 1.29 is 28.2 Å². The minimum Gasteiger partial charge on any atom is -0.493 e. The van der Waals surface area contributed by atoms with E-state index in [9.17, 15) is 14.0 Å². The molecule has 2 amide bonds. The van der Waals surface area contributed by atoms with Crippen molar-refractivity contribution in [3.8, 4) is 17.2 Å². The summed E-state index contributed by atoms with van der Waals surface area (Å²) >= 11 is 0. The summed E-state index contributed by atoms with van der Waals surface area (Å²) in [5, 5.41) is 1.61. The highest BCUT2D eigenvalue weighted by Crippen LogP contribution is 2.38. The third-order valence-electron chi connectivity index (χ3n) is 9.03. The van der Waals surface area contributed by atoms with Crippen LogP contribution in [0, 0.1) is 5.82 Å². The number of carbonyl (C=O) groups excluding carboxylic acids is 2. The Morgan fingerprint density at radius 1 is 0.917 bits per heavy atom. The first-order valence-corrected chi connectivity index (χ1v) is 16.1. The molecule has 48 heavy (non-hydrogen) atoms. The summed E-state index contributed by atoms with van der Waals surface area (Å²) in [6.07, 6.45) is 1.69. The van der Waals surface area contributed by atoms with Crippen LogP contribution in [0.15, 0.2) is 60.7 Å². The minimum absolute atomic E-state index is 0.0330. The number of methoxy groups -OCH3 is 3. The van der Waals surface area contributed by atoms with Gasteiger partial charge in [-0.25, -0.2) is 19.1 Å². The second kappa shape index (κ2) is 15.4. The van der Waals surface area contributed by atoms with Crippen LogP contribution in [-0.4, -0.2) is 106 Å². The Morgan fingerprint density at radius 3 is 2.25 bits per heavy atom. The van der Waals surface area contributed by atoms with Crippen LogP contribution in [0.1, 0.15) is 41.6 Å². The molecule has 1 fully saturated rings. The van der Waals surface area contributed by atoms with Crippen LogP contribution >= 0.6 is 0 Å². The first kappa shape index (κ1) is 34.5. The van der Waals surface area contributed by atoms with Crippen molar-refractivity contribution in [2.45, 2.75) is 25.7 Å². The average molecular weight is 661 g/mol. The van der Waals surface area contributed by atoms with Gasteiger partial charge in [0.15, 0.2) is 11.5 Å². The normalized spacial score (nSPS) is 14.4. The summed E-state index contributed by atoms with van der Waals surface area (Å²) in [6, 6.07) is 17.7. The topological polar surface area (TPSA) is 92.6 Å². The molecular formula is C36H45FN6O5. The van der Waals surface area contributed by atoms with Crippen molar-refractivity contribution in [1.29, 1.82) is 0 Å². The Morgan fingerprint density at radius 2 is 1.60 bits per heavy atom. The van der Waals surface area contributed by atoms with Crippen molar-refractivity contribution in [2.24, 2.45) is 0 Å². The molecule has 0 aliphatic carbocycles. The quantitative estimate of drug-likeness (QED) is 0.215. The van der Waals surface area contributed by atoms with E-state index in [2.05, 4.69) is 9.80 Å². The molecule has 0 radical (unpaired) electrons. The number of likely N-dealkylation sites (N-methyl/N-ethyl adjacent to an activating group) is 1. The summed E-state index contributed by atoms with van der Waals surface area (Å²) in [5.41, 5.74) is 3.12. The lowest BCUT2D eigenvalue weighted by Gasteiger charge is -2.28. The maximum absolute atomic E-state index is 13.9. The van der Waals surface area contributed by atoms with E-state index in [1.165, 1.54) is 33.5 Å². The minimum atomic E-state index is -0.298. The SMILES string of the molecule is COc1cc(C(=O)N(C)CC(CCN2CCCN(c3nc4ccccc4n3N(C)C(C)=O)CC2)c2ccc(F)cc2)cc(OC)c1OC. The van der Waals surface area contributed by atoms with Gasteiger partial charge in [-0.1, -0.05) is 24.3 Å². The standard InChI is InChI=1S/C36H45FN6O5/c1-25(44)40(3)43-31-11-8-7-10-30(31)38-36(43)42-18-9-17-41(20-21-42)19-16-27(26-12-14-29(37)15-13-26)24-39(2)35(45)28-22-32(46-4)34(48-6)33(23-28)47-5/h7-8,10-15,22-23,27H,9,16-21,24H2,1-6H3. The Hall–Kier alpha value is -4.84. The molecule has 1 saturated heterocycles. The fourth-order valence-electron chi connectivity index (χ4n) is 6.31. The van der Waals surface area contributed by atoms with E-state index in [0.29, 0.717) is 29.4 Å². The highest BCUT2D eigenvalue weighted by Gasteiger charge is 2.26. The molecule has 0 bridgehead atoms. The number of carbonyl (C=O) groups is 2. The zero-order chi connectivity index (χ0) is 34.4. The van der Waals surface area contributed by atoms with E-state index >= 15 is 0 Å². The molecule has 0 N–H and O–H groups in total. The number of hydrogen-bond acceptors (Lipinski definition) is 8. The molecule has 1 aliphatic heterocycles. The Labute approximate surface area is 281 Å². The number of amides is 2.